The topological polar surface area (TPSA) is 106 Å². The minimum Gasteiger partial charge on any atom is -0.493 e. The van der Waals surface area contributed by atoms with E-state index < -0.39 is 22.0 Å². The van der Waals surface area contributed by atoms with Gasteiger partial charge in [0.1, 0.15) is 6.61 Å². The largest absolute Gasteiger partial charge is 0.493 e. The molecule has 1 amide bonds. The van der Waals surface area contributed by atoms with Crippen molar-refractivity contribution in [1.29, 1.82) is 0 Å². The molecular formula is C27H26BrN3O5S. The van der Waals surface area contributed by atoms with E-state index in [-0.39, 0.29) is 17.9 Å². The van der Waals surface area contributed by atoms with E-state index in [1.807, 2.05) is 13.0 Å². The molecule has 0 saturated carbocycles. The quantitative estimate of drug-likeness (QED) is 0.198. The van der Waals surface area contributed by atoms with Gasteiger partial charge in [0.15, 0.2) is 11.5 Å². The Morgan fingerprint density at radius 1 is 1.16 bits per heavy atom. The summed E-state index contributed by atoms with van der Waals surface area (Å²) in [5.74, 6) is 2.81. The molecule has 2 N–H and O–H groups in total. The fourth-order valence-corrected chi connectivity index (χ4v) is 5.16. The molecule has 1 atom stereocenters. The van der Waals surface area contributed by atoms with Crippen LogP contribution in [0.1, 0.15) is 29.2 Å². The van der Waals surface area contributed by atoms with Gasteiger partial charge in [0.05, 0.1) is 28.7 Å². The molecule has 192 valence electrons. The third kappa shape index (κ3) is 7.92. The molecule has 0 spiro atoms. The summed E-state index contributed by atoms with van der Waals surface area (Å²) in [4.78, 5) is 12.8. The highest BCUT2D eigenvalue weighted by Crippen LogP contribution is 2.36. The van der Waals surface area contributed by atoms with Gasteiger partial charge in [0, 0.05) is 6.42 Å². The second-order valence-corrected chi connectivity index (χ2v) is 10.5. The first-order valence-corrected chi connectivity index (χ1v) is 13.4. The number of nitrogens with one attached hydrogen (secondary N) is 2. The molecule has 0 radical (unpaired) electrons. The van der Waals surface area contributed by atoms with E-state index in [1.54, 1.807) is 48.5 Å². The maximum atomic E-state index is 13.0. The van der Waals surface area contributed by atoms with E-state index in [9.17, 15) is 13.2 Å². The maximum Gasteiger partial charge on any atom is 0.242 e. The molecule has 0 bridgehead atoms. The summed E-state index contributed by atoms with van der Waals surface area (Å²) < 4.78 is 40.0. The second-order valence-electron chi connectivity index (χ2n) is 7.92. The molecule has 0 heterocycles. The Hall–Kier alpha value is -3.65. The molecule has 37 heavy (non-hydrogen) atoms. The Morgan fingerprint density at radius 2 is 1.86 bits per heavy atom. The molecule has 0 fully saturated rings. The smallest absolute Gasteiger partial charge is 0.242 e. The number of halogens is 1. The molecular weight excluding hydrogens is 558 g/mol. The number of hydrazone groups is 1. The molecule has 0 aliphatic heterocycles. The summed E-state index contributed by atoms with van der Waals surface area (Å²) in [5.41, 5.74) is 4.66. The number of hydrogen-bond donors (Lipinski definition) is 2. The number of carbonyl (C=O) groups is 1. The Balaban J connectivity index is 1.73. The van der Waals surface area contributed by atoms with E-state index in [0.29, 0.717) is 27.1 Å². The highest BCUT2D eigenvalue weighted by molar-refractivity contribution is 9.10. The van der Waals surface area contributed by atoms with E-state index in [1.165, 1.54) is 25.5 Å². The Morgan fingerprint density at radius 3 is 2.51 bits per heavy atom. The normalized spacial score (nSPS) is 12.1. The van der Waals surface area contributed by atoms with Gasteiger partial charge in [-0.2, -0.15) is 5.10 Å². The number of nitrogens with zero attached hydrogens (tertiary/aromatic N) is 1. The van der Waals surface area contributed by atoms with Gasteiger partial charge >= 0.3 is 0 Å². The van der Waals surface area contributed by atoms with Crippen molar-refractivity contribution in [1.82, 2.24) is 10.1 Å². The summed E-state index contributed by atoms with van der Waals surface area (Å²) in [5, 5.41) is 4.01. The van der Waals surface area contributed by atoms with Gasteiger partial charge in [0.2, 0.25) is 15.9 Å². The van der Waals surface area contributed by atoms with E-state index in [4.69, 9.17) is 15.9 Å². The van der Waals surface area contributed by atoms with Crippen LogP contribution >= 0.6 is 15.9 Å². The predicted molar refractivity (Wildman–Crippen MR) is 146 cm³/mol. The number of benzene rings is 3. The number of rotatable bonds is 11. The Kier molecular flexibility index (Phi) is 9.85. The van der Waals surface area contributed by atoms with Crippen LogP contribution in [0.2, 0.25) is 0 Å². The van der Waals surface area contributed by atoms with Gasteiger partial charge in [0.25, 0.3) is 0 Å². The molecule has 0 aliphatic carbocycles. The summed E-state index contributed by atoms with van der Waals surface area (Å²) in [7, 11) is -2.37. The standard InChI is InChI=1S/C27H26BrN3O5S/c1-4-14-36-27-23(28)15-20(16-25(27)35-3)18-29-30-26(32)17-24(21-8-6-5-7-9-21)31-37(33,34)22-12-10-19(2)11-13-22/h1,5-13,15-16,18,24,31H,14,17H2,2-3H3,(H,30,32)/b29-18-/t24-/m1/s1. The van der Waals surface area contributed by atoms with Crippen molar-refractivity contribution in [3.8, 4) is 23.8 Å². The molecule has 8 nitrogen and oxygen atoms in total. The molecule has 3 rings (SSSR count). The fraction of sp³-hybridized carbons (Fsp3) is 0.185. The van der Waals surface area contributed by atoms with Crippen molar-refractivity contribution in [3.05, 3.63) is 87.9 Å². The van der Waals surface area contributed by atoms with Crippen LogP contribution in [0.3, 0.4) is 0 Å². The first-order chi connectivity index (χ1) is 17.7. The highest BCUT2D eigenvalue weighted by atomic mass is 79.9. The minimum absolute atomic E-state index is 0.0781. The van der Waals surface area contributed by atoms with E-state index in [2.05, 4.69) is 37.1 Å². The zero-order chi connectivity index (χ0) is 26.8. The monoisotopic (exact) mass is 583 g/mol. The molecule has 0 unspecified atom stereocenters. The maximum absolute atomic E-state index is 13.0. The number of hydrogen-bond acceptors (Lipinski definition) is 6. The number of methoxy groups -OCH3 is 1. The summed E-state index contributed by atoms with van der Waals surface area (Å²) in [6.07, 6.45) is 6.52. The number of ether oxygens (including phenoxy) is 2. The first-order valence-electron chi connectivity index (χ1n) is 11.1. The molecule has 3 aromatic rings. The van der Waals surface area contributed by atoms with Gasteiger partial charge in [-0.05, 0) is 58.2 Å². The second kappa shape index (κ2) is 13.1. The number of sulfonamides is 1. The SMILES string of the molecule is C#CCOc1c(Br)cc(/C=N\NC(=O)C[C@@H](NS(=O)(=O)c2ccc(C)cc2)c2ccccc2)cc1OC. The molecule has 3 aromatic carbocycles. The Labute approximate surface area is 225 Å². The van der Waals surface area contributed by atoms with Gasteiger partial charge in [-0.1, -0.05) is 53.9 Å². The van der Waals surface area contributed by atoms with Crippen LogP contribution in [0.5, 0.6) is 11.5 Å². The summed E-state index contributed by atoms with van der Waals surface area (Å²) in [6, 6.07) is 18.0. The average Bonchev–Trinajstić information content (AvgIpc) is 2.88. The van der Waals surface area contributed by atoms with Crippen LogP contribution in [0, 0.1) is 19.3 Å². The van der Waals surface area contributed by atoms with Crippen molar-refractivity contribution < 1.29 is 22.7 Å². The predicted octanol–water partition coefficient (Wildman–Crippen LogP) is 4.34. The van der Waals surface area contributed by atoms with Crippen molar-refractivity contribution in [2.45, 2.75) is 24.3 Å². The molecule has 0 aliphatic rings. The van der Waals surface area contributed by atoms with Crippen LogP contribution in [0.25, 0.3) is 0 Å². The third-order valence-electron chi connectivity index (χ3n) is 5.17. The zero-order valence-electron chi connectivity index (χ0n) is 20.3. The lowest BCUT2D eigenvalue weighted by atomic mass is 10.0. The number of aryl methyl sites for hydroxylation is 1. The molecule has 10 heteroatoms. The number of amides is 1. The first kappa shape index (κ1) is 27.9. The van der Waals surface area contributed by atoms with Crippen molar-refractivity contribution in [2.24, 2.45) is 5.10 Å². The summed E-state index contributed by atoms with van der Waals surface area (Å²) >= 11 is 3.41. The van der Waals surface area contributed by atoms with Gasteiger partial charge < -0.3 is 9.47 Å². The van der Waals surface area contributed by atoms with Crippen LogP contribution in [-0.4, -0.2) is 34.3 Å². The minimum atomic E-state index is -3.87. The fourth-order valence-electron chi connectivity index (χ4n) is 3.36. The van der Waals surface area contributed by atoms with Crippen molar-refractivity contribution >= 4 is 38.1 Å². The average molecular weight is 584 g/mol. The van der Waals surface area contributed by atoms with Crippen LogP contribution in [0.15, 0.2) is 81.2 Å². The van der Waals surface area contributed by atoms with Crippen molar-refractivity contribution in [3.63, 3.8) is 0 Å². The number of terminal acetylenes is 1. The Bertz CT molecular complexity index is 1400. The molecule has 0 aromatic heterocycles. The van der Waals surface area contributed by atoms with Crippen LogP contribution < -0.4 is 19.6 Å². The third-order valence-corrected chi connectivity index (χ3v) is 7.25. The lowest BCUT2D eigenvalue weighted by Gasteiger charge is -2.18. The van der Waals surface area contributed by atoms with E-state index >= 15 is 0 Å². The lowest BCUT2D eigenvalue weighted by molar-refractivity contribution is -0.121. The van der Waals surface area contributed by atoms with Gasteiger partial charge in [-0.15, -0.1) is 6.42 Å². The number of carbonyl (C=O) groups excluding carboxylic acids is 1. The van der Waals surface area contributed by atoms with Crippen LogP contribution in [-0.2, 0) is 14.8 Å². The lowest BCUT2D eigenvalue weighted by Crippen LogP contribution is -2.32. The van der Waals surface area contributed by atoms with E-state index in [0.717, 1.165) is 5.56 Å². The van der Waals surface area contributed by atoms with Gasteiger partial charge in [-0.25, -0.2) is 18.6 Å². The van der Waals surface area contributed by atoms with Gasteiger partial charge in [-0.3, -0.25) is 4.79 Å². The van der Waals surface area contributed by atoms with Crippen molar-refractivity contribution in [2.75, 3.05) is 13.7 Å². The summed E-state index contributed by atoms with van der Waals surface area (Å²) in [6.45, 7) is 1.95. The van der Waals surface area contributed by atoms with Crippen LogP contribution in [0.4, 0.5) is 0 Å². The zero-order valence-corrected chi connectivity index (χ0v) is 22.7. The molecule has 0 saturated heterocycles. The highest BCUT2D eigenvalue weighted by Gasteiger charge is 2.23.